The average Bonchev–Trinajstić information content (AvgIpc) is 2.54. The summed E-state index contributed by atoms with van der Waals surface area (Å²) in [6, 6.07) is 5.05. The van der Waals surface area contributed by atoms with Gasteiger partial charge in [0, 0.05) is 18.7 Å². The molecule has 1 unspecified atom stereocenters. The lowest BCUT2D eigenvalue weighted by atomic mass is 10.1. The molecule has 1 aromatic carbocycles. The van der Waals surface area contributed by atoms with E-state index in [0.29, 0.717) is 18.7 Å². The summed E-state index contributed by atoms with van der Waals surface area (Å²) >= 11 is 0. The Morgan fingerprint density at radius 1 is 1.33 bits per heavy atom. The molecule has 1 aliphatic heterocycles. The first-order chi connectivity index (χ1) is 11.3. The van der Waals surface area contributed by atoms with Gasteiger partial charge in [-0.3, -0.25) is 9.59 Å². The lowest BCUT2D eigenvalue weighted by Crippen LogP contribution is -2.49. The van der Waals surface area contributed by atoms with Crippen LogP contribution < -0.4 is 4.72 Å². The van der Waals surface area contributed by atoms with Crippen molar-refractivity contribution in [2.75, 3.05) is 26.3 Å². The van der Waals surface area contributed by atoms with Gasteiger partial charge in [0.15, 0.2) is 0 Å². The third-order valence-corrected chi connectivity index (χ3v) is 5.21. The molecular weight excluding hydrogens is 336 g/mol. The highest BCUT2D eigenvalue weighted by atomic mass is 32.2. The number of sulfonamides is 1. The Morgan fingerprint density at radius 3 is 2.58 bits per heavy atom. The van der Waals surface area contributed by atoms with Crippen LogP contribution in [0.1, 0.15) is 23.7 Å². The number of carboxylic acids is 1. The Morgan fingerprint density at radius 2 is 2.00 bits per heavy atom. The second-order valence-electron chi connectivity index (χ2n) is 5.35. The number of carbonyl (C=O) groups is 2. The Balaban J connectivity index is 2.18. The van der Waals surface area contributed by atoms with Crippen molar-refractivity contribution in [3.63, 3.8) is 0 Å². The third kappa shape index (κ3) is 4.31. The molecule has 132 valence electrons. The maximum atomic E-state index is 12.6. The maximum absolute atomic E-state index is 12.6. The van der Waals surface area contributed by atoms with Crippen molar-refractivity contribution in [2.45, 2.75) is 24.3 Å². The average molecular weight is 356 g/mol. The predicted octanol–water partition coefficient (Wildman–Crippen LogP) is 0.301. The maximum Gasteiger partial charge on any atom is 0.305 e. The lowest BCUT2D eigenvalue weighted by Gasteiger charge is -2.34. The number of benzene rings is 1. The SMILES string of the molecule is CCNS(=O)(=O)c1ccc(C(=O)N2CCOCC2CC(=O)O)cc1. The number of carboxylic acid groups (broad SMARTS) is 1. The third-order valence-electron chi connectivity index (χ3n) is 3.64. The standard InChI is InChI=1S/C15H20N2O6S/c1-2-16-24(21,22)13-5-3-11(4-6-13)15(20)17-7-8-23-10-12(17)9-14(18)19/h3-6,12,16H,2,7-10H2,1H3,(H,18,19). The summed E-state index contributed by atoms with van der Waals surface area (Å²) in [5.41, 5.74) is 0.308. The summed E-state index contributed by atoms with van der Waals surface area (Å²) < 4.78 is 31.4. The largest absolute Gasteiger partial charge is 0.481 e. The van der Waals surface area contributed by atoms with Crippen LogP contribution in [-0.4, -0.2) is 62.6 Å². The van der Waals surface area contributed by atoms with Crippen molar-refractivity contribution < 1.29 is 27.9 Å². The second kappa shape index (κ2) is 7.73. The van der Waals surface area contributed by atoms with Crippen molar-refractivity contribution in [2.24, 2.45) is 0 Å². The lowest BCUT2D eigenvalue weighted by molar-refractivity contribution is -0.139. The molecule has 0 spiro atoms. The van der Waals surface area contributed by atoms with Crippen molar-refractivity contribution in [1.29, 1.82) is 0 Å². The number of ether oxygens (including phenoxy) is 1. The molecule has 1 heterocycles. The number of rotatable bonds is 6. The van der Waals surface area contributed by atoms with E-state index in [9.17, 15) is 18.0 Å². The molecule has 24 heavy (non-hydrogen) atoms. The quantitative estimate of drug-likeness (QED) is 0.758. The van der Waals surface area contributed by atoms with Crippen LogP contribution in [0, 0.1) is 0 Å². The van der Waals surface area contributed by atoms with Crippen LogP contribution in [0.3, 0.4) is 0 Å². The molecule has 1 atom stereocenters. The Kier molecular flexibility index (Phi) is 5.92. The van der Waals surface area contributed by atoms with E-state index in [1.165, 1.54) is 29.2 Å². The minimum atomic E-state index is -3.58. The van der Waals surface area contributed by atoms with E-state index in [2.05, 4.69) is 4.72 Å². The molecule has 9 heteroatoms. The van der Waals surface area contributed by atoms with Crippen LogP contribution in [-0.2, 0) is 19.6 Å². The highest BCUT2D eigenvalue weighted by Crippen LogP contribution is 2.17. The van der Waals surface area contributed by atoms with E-state index < -0.39 is 22.0 Å². The van der Waals surface area contributed by atoms with Gasteiger partial charge in [0.05, 0.1) is 30.6 Å². The fourth-order valence-corrected chi connectivity index (χ4v) is 3.55. The Hall–Kier alpha value is -1.97. The van der Waals surface area contributed by atoms with E-state index in [4.69, 9.17) is 9.84 Å². The number of nitrogens with zero attached hydrogens (tertiary/aromatic N) is 1. The van der Waals surface area contributed by atoms with Gasteiger partial charge < -0.3 is 14.7 Å². The Labute approximate surface area is 140 Å². The first-order valence-electron chi connectivity index (χ1n) is 7.55. The van der Waals surface area contributed by atoms with Crippen molar-refractivity contribution in [1.82, 2.24) is 9.62 Å². The molecule has 0 radical (unpaired) electrons. The van der Waals surface area contributed by atoms with Gasteiger partial charge in [0.2, 0.25) is 10.0 Å². The van der Waals surface area contributed by atoms with Crippen LogP contribution in [0.25, 0.3) is 0 Å². The van der Waals surface area contributed by atoms with Crippen LogP contribution in [0.15, 0.2) is 29.2 Å². The number of hydrogen-bond donors (Lipinski definition) is 2. The van der Waals surface area contributed by atoms with Crippen LogP contribution in [0.5, 0.6) is 0 Å². The van der Waals surface area contributed by atoms with Gasteiger partial charge in [0.1, 0.15) is 0 Å². The number of morpholine rings is 1. The first-order valence-corrected chi connectivity index (χ1v) is 9.03. The highest BCUT2D eigenvalue weighted by Gasteiger charge is 2.30. The van der Waals surface area contributed by atoms with Gasteiger partial charge in [-0.1, -0.05) is 6.92 Å². The van der Waals surface area contributed by atoms with Gasteiger partial charge in [-0.15, -0.1) is 0 Å². The van der Waals surface area contributed by atoms with Gasteiger partial charge in [-0.25, -0.2) is 13.1 Å². The van der Waals surface area contributed by atoms with Crippen molar-refractivity contribution in [3.8, 4) is 0 Å². The molecule has 0 aliphatic carbocycles. The van der Waals surface area contributed by atoms with E-state index in [1.54, 1.807) is 6.92 Å². The van der Waals surface area contributed by atoms with Crippen LogP contribution in [0.4, 0.5) is 0 Å². The van der Waals surface area contributed by atoms with Gasteiger partial charge in [0.25, 0.3) is 5.91 Å². The molecule has 1 fully saturated rings. The molecule has 1 amide bonds. The number of amides is 1. The molecule has 0 bridgehead atoms. The summed E-state index contributed by atoms with van der Waals surface area (Å²) in [6.07, 6.45) is -0.196. The number of carbonyl (C=O) groups excluding carboxylic acids is 1. The second-order valence-corrected chi connectivity index (χ2v) is 7.12. The molecule has 1 aromatic rings. The predicted molar refractivity (Wildman–Crippen MR) is 85.2 cm³/mol. The van der Waals surface area contributed by atoms with Crippen molar-refractivity contribution >= 4 is 21.9 Å². The normalized spacial score (nSPS) is 18.4. The number of nitrogens with one attached hydrogen (secondary N) is 1. The zero-order valence-electron chi connectivity index (χ0n) is 13.3. The fourth-order valence-electron chi connectivity index (χ4n) is 2.51. The van der Waals surface area contributed by atoms with Crippen molar-refractivity contribution in [3.05, 3.63) is 29.8 Å². The Bertz CT molecular complexity index is 701. The van der Waals surface area contributed by atoms with Gasteiger partial charge in [-0.2, -0.15) is 0 Å². The molecule has 0 saturated carbocycles. The molecule has 1 aliphatic rings. The van der Waals surface area contributed by atoms with Crippen LogP contribution in [0.2, 0.25) is 0 Å². The minimum absolute atomic E-state index is 0.0740. The topological polar surface area (TPSA) is 113 Å². The van der Waals surface area contributed by atoms with E-state index in [-0.39, 0.29) is 30.4 Å². The molecule has 1 saturated heterocycles. The monoisotopic (exact) mass is 356 g/mol. The molecule has 8 nitrogen and oxygen atoms in total. The van der Waals surface area contributed by atoms with Crippen LogP contribution >= 0.6 is 0 Å². The minimum Gasteiger partial charge on any atom is -0.481 e. The summed E-state index contributed by atoms with van der Waals surface area (Å²) in [7, 11) is -3.58. The molecular formula is C15H20N2O6S. The molecule has 0 aromatic heterocycles. The van der Waals surface area contributed by atoms with E-state index in [1.807, 2.05) is 0 Å². The number of hydrogen-bond acceptors (Lipinski definition) is 5. The molecule has 2 rings (SSSR count). The summed E-state index contributed by atoms with van der Waals surface area (Å²) in [4.78, 5) is 25.1. The molecule has 2 N–H and O–H groups in total. The first kappa shape index (κ1) is 18.4. The zero-order valence-corrected chi connectivity index (χ0v) is 14.1. The fraction of sp³-hybridized carbons (Fsp3) is 0.467. The smallest absolute Gasteiger partial charge is 0.305 e. The van der Waals surface area contributed by atoms with Gasteiger partial charge in [-0.05, 0) is 24.3 Å². The zero-order chi connectivity index (χ0) is 17.7. The van der Waals surface area contributed by atoms with E-state index in [0.717, 1.165) is 0 Å². The van der Waals surface area contributed by atoms with E-state index >= 15 is 0 Å². The summed E-state index contributed by atoms with van der Waals surface area (Å²) in [6.45, 7) is 2.76. The summed E-state index contributed by atoms with van der Waals surface area (Å²) in [5.74, 6) is -1.34. The van der Waals surface area contributed by atoms with Gasteiger partial charge >= 0.3 is 5.97 Å². The highest BCUT2D eigenvalue weighted by molar-refractivity contribution is 7.89. The number of aliphatic carboxylic acids is 1. The summed E-state index contributed by atoms with van der Waals surface area (Å²) in [5, 5.41) is 8.95.